The molecule has 0 saturated carbocycles. The van der Waals surface area contributed by atoms with Gasteiger partial charge in [-0.05, 0) is 46.5 Å². The molecule has 9 rings (SSSR count). The summed E-state index contributed by atoms with van der Waals surface area (Å²) in [4.78, 5) is 0. The zero-order valence-electron chi connectivity index (χ0n) is 19.5. The lowest BCUT2D eigenvalue weighted by Gasteiger charge is -2.21. The Morgan fingerprint density at radius 2 is 1.37 bits per heavy atom. The van der Waals surface area contributed by atoms with Crippen LogP contribution in [0.3, 0.4) is 0 Å². The summed E-state index contributed by atoms with van der Waals surface area (Å²) in [5.41, 5.74) is 11.2. The van der Waals surface area contributed by atoms with Crippen LogP contribution >= 0.6 is 0 Å². The number of hydrogen-bond acceptors (Lipinski definition) is 1. The number of aromatic nitrogens is 1. The quantitative estimate of drug-likeness (QED) is 0.227. The summed E-state index contributed by atoms with van der Waals surface area (Å²) < 4.78 is 8.80. The Bertz CT molecular complexity index is 2190. The van der Waals surface area contributed by atoms with Crippen molar-refractivity contribution in [3.8, 4) is 11.1 Å². The molecule has 0 spiro atoms. The molecular formula is C33H21NO. The zero-order chi connectivity index (χ0) is 23.1. The van der Waals surface area contributed by atoms with Gasteiger partial charge in [-0.15, -0.1) is 0 Å². The summed E-state index contributed by atoms with van der Waals surface area (Å²) in [5, 5.41) is 7.69. The van der Waals surface area contributed by atoms with E-state index in [4.69, 9.17) is 4.42 Å². The molecule has 5 aromatic carbocycles. The smallest absolute Gasteiger partial charge is 0.137 e. The SMILES string of the molecule is CC1(C)c2ccccc2-c2c1cc1c3ccccc3n3c4cc5oc6ccccc6c5cc4c2c13. The number of benzene rings is 5. The van der Waals surface area contributed by atoms with Crippen molar-refractivity contribution < 1.29 is 4.42 Å². The molecule has 0 bridgehead atoms. The van der Waals surface area contributed by atoms with Crippen molar-refractivity contribution in [2.75, 3.05) is 0 Å². The average molecular weight is 448 g/mol. The summed E-state index contributed by atoms with van der Waals surface area (Å²) >= 11 is 0. The normalized spacial score (nSPS) is 14.8. The van der Waals surface area contributed by atoms with Gasteiger partial charge in [-0.25, -0.2) is 0 Å². The summed E-state index contributed by atoms with van der Waals surface area (Å²) in [5.74, 6) is 0. The van der Waals surface area contributed by atoms with Crippen LogP contribution in [0.1, 0.15) is 25.0 Å². The van der Waals surface area contributed by atoms with Crippen LogP contribution in [0, 0.1) is 0 Å². The van der Waals surface area contributed by atoms with E-state index in [0.29, 0.717) is 0 Å². The summed E-state index contributed by atoms with van der Waals surface area (Å²) in [6.07, 6.45) is 0. The fraction of sp³-hybridized carbons (Fsp3) is 0.0909. The van der Waals surface area contributed by atoms with Gasteiger partial charge in [0.25, 0.3) is 0 Å². The van der Waals surface area contributed by atoms with E-state index in [0.717, 1.165) is 11.2 Å². The topological polar surface area (TPSA) is 17.6 Å². The largest absolute Gasteiger partial charge is 0.456 e. The average Bonchev–Trinajstić information content (AvgIpc) is 3.57. The Labute approximate surface area is 201 Å². The van der Waals surface area contributed by atoms with Crippen molar-refractivity contribution in [2.24, 2.45) is 0 Å². The summed E-state index contributed by atoms with van der Waals surface area (Å²) in [7, 11) is 0. The number of hydrogen-bond donors (Lipinski definition) is 0. The van der Waals surface area contributed by atoms with Gasteiger partial charge in [-0.1, -0.05) is 74.5 Å². The second-order valence-electron chi connectivity index (χ2n) is 10.6. The highest BCUT2D eigenvalue weighted by molar-refractivity contribution is 6.30. The first-order valence-corrected chi connectivity index (χ1v) is 12.3. The lowest BCUT2D eigenvalue weighted by molar-refractivity contribution is 0.661. The summed E-state index contributed by atoms with van der Waals surface area (Å²) in [6, 6.07) is 33.3. The van der Waals surface area contributed by atoms with Crippen LogP contribution in [0.5, 0.6) is 0 Å². The molecule has 3 heterocycles. The van der Waals surface area contributed by atoms with Crippen LogP contribution in [0.4, 0.5) is 0 Å². The maximum Gasteiger partial charge on any atom is 0.137 e. The monoisotopic (exact) mass is 447 g/mol. The van der Waals surface area contributed by atoms with Crippen LogP contribution in [-0.4, -0.2) is 4.40 Å². The van der Waals surface area contributed by atoms with Gasteiger partial charge >= 0.3 is 0 Å². The minimum atomic E-state index is -0.0466. The van der Waals surface area contributed by atoms with Gasteiger partial charge in [0.05, 0.1) is 16.6 Å². The first-order chi connectivity index (χ1) is 17.1. The second kappa shape index (κ2) is 5.67. The third-order valence-corrected chi connectivity index (χ3v) is 8.51. The Morgan fingerprint density at radius 1 is 0.600 bits per heavy atom. The predicted octanol–water partition coefficient (Wildman–Crippen LogP) is 9.04. The van der Waals surface area contributed by atoms with Crippen LogP contribution in [0.2, 0.25) is 0 Å². The van der Waals surface area contributed by atoms with E-state index in [1.165, 1.54) is 71.1 Å². The molecule has 3 aromatic heterocycles. The fourth-order valence-electron chi connectivity index (χ4n) is 6.95. The van der Waals surface area contributed by atoms with Gasteiger partial charge < -0.3 is 8.82 Å². The fourth-order valence-corrected chi connectivity index (χ4v) is 6.95. The van der Waals surface area contributed by atoms with Gasteiger partial charge in [0.15, 0.2) is 0 Å². The second-order valence-corrected chi connectivity index (χ2v) is 10.6. The molecule has 164 valence electrons. The molecule has 8 aromatic rings. The third kappa shape index (κ3) is 1.93. The Morgan fingerprint density at radius 3 is 2.29 bits per heavy atom. The van der Waals surface area contributed by atoms with Crippen molar-refractivity contribution >= 4 is 60.0 Å². The van der Waals surface area contributed by atoms with Crippen LogP contribution in [0.25, 0.3) is 71.2 Å². The van der Waals surface area contributed by atoms with E-state index in [-0.39, 0.29) is 5.41 Å². The Hall–Kier alpha value is -4.30. The van der Waals surface area contributed by atoms with E-state index < -0.39 is 0 Å². The van der Waals surface area contributed by atoms with Crippen molar-refractivity contribution in [1.82, 2.24) is 4.40 Å². The highest BCUT2D eigenvalue weighted by Crippen LogP contribution is 2.55. The Kier molecular flexibility index (Phi) is 2.93. The van der Waals surface area contributed by atoms with Gasteiger partial charge in [0, 0.05) is 43.8 Å². The number of nitrogens with zero attached hydrogens (tertiary/aromatic N) is 1. The van der Waals surface area contributed by atoms with Gasteiger partial charge in [-0.3, -0.25) is 0 Å². The molecule has 0 radical (unpaired) electrons. The standard InChI is InChI=1S/C33H21NO/c1-33(2)24-12-6-3-11-20(24)30-25(33)16-22-18-9-4-7-13-26(18)34-27-17-29-21(15-23(27)31(30)32(22)34)19-10-5-8-14-28(19)35-29/h3-17H,1-2H3. The molecule has 1 aliphatic rings. The van der Waals surface area contributed by atoms with E-state index in [9.17, 15) is 0 Å². The Balaban J connectivity index is 1.63. The third-order valence-electron chi connectivity index (χ3n) is 8.51. The number of fused-ring (bicyclic) bond motifs is 13. The van der Waals surface area contributed by atoms with Crippen molar-refractivity contribution in [3.05, 3.63) is 102 Å². The van der Waals surface area contributed by atoms with E-state index in [2.05, 4.69) is 103 Å². The lowest BCUT2D eigenvalue weighted by atomic mass is 9.81. The zero-order valence-corrected chi connectivity index (χ0v) is 19.5. The molecule has 0 aliphatic heterocycles. The van der Waals surface area contributed by atoms with Gasteiger partial charge in [0.1, 0.15) is 11.2 Å². The van der Waals surface area contributed by atoms with Crippen LogP contribution in [0.15, 0.2) is 95.4 Å². The molecular weight excluding hydrogens is 426 g/mol. The predicted molar refractivity (Wildman–Crippen MR) is 146 cm³/mol. The van der Waals surface area contributed by atoms with E-state index in [1.54, 1.807) is 0 Å². The minimum absolute atomic E-state index is 0.0466. The van der Waals surface area contributed by atoms with Crippen LogP contribution in [-0.2, 0) is 5.41 Å². The number of para-hydroxylation sites is 2. The molecule has 0 N–H and O–H groups in total. The highest BCUT2D eigenvalue weighted by Gasteiger charge is 2.38. The first kappa shape index (κ1) is 18.1. The lowest BCUT2D eigenvalue weighted by Crippen LogP contribution is -2.14. The highest BCUT2D eigenvalue weighted by atomic mass is 16.3. The molecule has 1 aliphatic carbocycles. The molecule has 2 nitrogen and oxygen atoms in total. The molecule has 0 fully saturated rings. The maximum atomic E-state index is 6.33. The summed E-state index contributed by atoms with van der Waals surface area (Å²) in [6.45, 7) is 4.75. The molecule has 0 atom stereocenters. The maximum absolute atomic E-state index is 6.33. The van der Waals surface area contributed by atoms with Crippen molar-refractivity contribution in [1.29, 1.82) is 0 Å². The van der Waals surface area contributed by atoms with Crippen molar-refractivity contribution in [2.45, 2.75) is 19.3 Å². The molecule has 2 heteroatoms. The number of furan rings is 1. The van der Waals surface area contributed by atoms with Crippen LogP contribution < -0.4 is 0 Å². The van der Waals surface area contributed by atoms with Crippen molar-refractivity contribution in [3.63, 3.8) is 0 Å². The first-order valence-electron chi connectivity index (χ1n) is 12.3. The van der Waals surface area contributed by atoms with Gasteiger partial charge in [-0.2, -0.15) is 0 Å². The van der Waals surface area contributed by atoms with E-state index in [1.807, 2.05) is 6.07 Å². The number of rotatable bonds is 0. The minimum Gasteiger partial charge on any atom is -0.456 e. The van der Waals surface area contributed by atoms with Gasteiger partial charge in [0.2, 0.25) is 0 Å². The molecule has 0 amide bonds. The molecule has 0 saturated heterocycles. The molecule has 35 heavy (non-hydrogen) atoms. The van der Waals surface area contributed by atoms with E-state index >= 15 is 0 Å². The molecule has 0 unspecified atom stereocenters.